The van der Waals surface area contributed by atoms with E-state index in [1.807, 2.05) is 43.3 Å². The molecule has 2 aromatic rings. The van der Waals surface area contributed by atoms with E-state index in [0.29, 0.717) is 17.5 Å². The van der Waals surface area contributed by atoms with Crippen molar-refractivity contribution in [2.45, 2.75) is 46.0 Å². The number of hydrogen-bond donors (Lipinski definition) is 0. The van der Waals surface area contributed by atoms with Crippen LogP contribution in [0.25, 0.3) is 5.57 Å². The molecule has 0 bridgehead atoms. The molecule has 0 unspecified atom stereocenters. The van der Waals surface area contributed by atoms with E-state index in [1.54, 1.807) is 12.1 Å². The highest BCUT2D eigenvalue weighted by molar-refractivity contribution is 5.96. The fourth-order valence-electron chi connectivity index (χ4n) is 2.79. The topological polar surface area (TPSA) is 17.1 Å². The van der Waals surface area contributed by atoms with Crippen molar-refractivity contribution in [2.75, 3.05) is 0 Å². The van der Waals surface area contributed by atoms with Crippen LogP contribution in [-0.2, 0) is 12.8 Å². The van der Waals surface area contributed by atoms with Crippen LogP contribution in [0, 0.1) is 0 Å². The van der Waals surface area contributed by atoms with Crippen LogP contribution in [0.3, 0.4) is 0 Å². The van der Waals surface area contributed by atoms with Gasteiger partial charge in [0.2, 0.25) is 0 Å². The summed E-state index contributed by atoms with van der Waals surface area (Å²) < 4.78 is 26.6. The average Bonchev–Trinajstić information content (AvgIpc) is 2.65. The third-order valence-electron chi connectivity index (χ3n) is 4.45. The van der Waals surface area contributed by atoms with Crippen molar-refractivity contribution in [3.63, 3.8) is 0 Å². The molecular formula is C22H24F2O. The molecule has 0 saturated heterocycles. The predicted molar refractivity (Wildman–Crippen MR) is 99.0 cm³/mol. The van der Waals surface area contributed by atoms with Crippen molar-refractivity contribution in [1.29, 1.82) is 0 Å². The van der Waals surface area contributed by atoms with Crippen LogP contribution in [-0.4, -0.2) is 5.78 Å². The Morgan fingerprint density at radius 2 is 1.24 bits per heavy atom. The molecule has 2 aromatic carbocycles. The van der Waals surface area contributed by atoms with E-state index >= 15 is 0 Å². The summed E-state index contributed by atoms with van der Waals surface area (Å²) in [5.41, 5.74) is 3.52. The summed E-state index contributed by atoms with van der Waals surface area (Å²) in [6.07, 6.45) is 1.03. The fourth-order valence-corrected chi connectivity index (χ4v) is 2.79. The van der Waals surface area contributed by atoms with E-state index in [0.717, 1.165) is 18.4 Å². The molecule has 2 rings (SSSR count). The molecule has 0 fully saturated rings. The third-order valence-corrected chi connectivity index (χ3v) is 4.45. The van der Waals surface area contributed by atoms with Gasteiger partial charge in [0.25, 0.3) is 6.08 Å². The molecular weight excluding hydrogens is 318 g/mol. The van der Waals surface area contributed by atoms with Crippen LogP contribution >= 0.6 is 0 Å². The van der Waals surface area contributed by atoms with Crippen LogP contribution < -0.4 is 0 Å². The number of carbonyl (C=O) groups excluding carboxylic acids is 1. The minimum Gasteiger partial charge on any atom is -0.294 e. The van der Waals surface area contributed by atoms with Gasteiger partial charge < -0.3 is 0 Å². The number of rotatable bonds is 8. The molecule has 0 amide bonds. The molecule has 3 heteroatoms. The number of ketones is 1. The van der Waals surface area contributed by atoms with Crippen molar-refractivity contribution in [3.05, 3.63) is 76.9 Å². The number of carbonyl (C=O) groups is 1. The van der Waals surface area contributed by atoms with Gasteiger partial charge in [-0.15, -0.1) is 0 Å². The summed E-state index contributed by atoms with van der Waals surface area (Å²) in [5.74, 6) is 0.00241. The smallest absolute Gasteiger partial charge is 0.274 e. The van der Waals surface area contributed by atoms with Gasteiger partial charge in [0.05, 0.1) is 0 Å². The van der Waals surface area contributed by atoms with E-state index in [1.165, 1.54) is 5.56 Å². The van der Waals surface area contributed by atoms with Crippen LogP contribution in [0.4, 0.5) is 8.78 Å². The SMILES string of the molecule is CCc1ccc(C(=O)CCCC(=C(F)F)c2ccc(CC)cc2)cc1. The predicted octanol–water partition coefficient (Wildman–Crippen LogP) is 6.47. The van der Waals surface area contributed by atoms with Crippen molar-refractivity contribution in [1.82, 2.24) is 0 Å². The van der Waals surface area contributed by atoms with E-state index in [9.17, 15) is 13.6 Å². The lowest BCUT2D eigenvalue weighted by Gasteiger charge is -2.08. The molecule has 25 heavy (non-hydrogen) atoms. The monoisotopic (exact) mass is 342 g/mol. The van der Waals surface area contributed by atoms with Gasteiger partial charge in [-0.05, 0) is 42.4 Å². The number of halogens is 2. The Bertz CT molecular complexity index is 724. The van der Waals surface area contributed by atoms with Crippen molar-refractivity contribution < 1.29 is 13.6 Å². The lowest BCUT2D eigenvalue weighted by molar-refractivity contribution is 0.0980. The van der Waals surface area contributed by atoms with E-state index < -0.39 is 6.08 Å². The Kier molecular flexibility index (Phi) is 7.05. The summed E-state index contributed by atoms with van der Waals surface area (Å²) in [4.78, 5) is 12.2. The van der Waals surface area contributed by atoms with Crippen molar-refractivity contribution >= 4 is 11.4 Å². The van der Waals surface area contributed by atoms with Crippen molar-refractivity contribution in [2.24, 2.45) is 0 Å². The van der Waals surface area contributed by atoms with E-state index in [-0.39, 0.29) is 24.2 Å². The van der Waals surface area contributed by atoms with E-state index in [2.05, 4.69) is 6.92 Å². The molecule has 0 heterocycles. The van der Waals surface area contributed by atoms with Crippen LogP contribution in [0.5, 0.6) is 0 Å². The Labute approximate surface area is 148 Å². The quantitative estimate of drug-likeness (QED) is 0.502. The van der Waals surface area contributed by atoms with Gasteiger partial charge in [0.15, 0.2) is 5.78 Å². The zero-order valence-electron chi connectivity index (χ0n) is 14.8. The first kappa shape index (κ1) is 19.0. The number of aryl methyl sites for hydroxylation is 2. The molecule has 0 saturated carbocycles. The second-order valence-electron chi connectivity index (χ2n) is 6.12. The average molecular weight is 342 g/mol. The highest BCUT2D eigenvalue weighted by Crippen LogP contribution is 2.27. The van der Waals surface area contributed by atoms with Gasteiger partial charge in [0.1, 0.15) is 0 Å². The van der Waals surface area contributed by atoms with Crippen LogP contribution in [0.2, 0.25) is 0 Å². The minimum atomic E-state index is -1.66. The molecule has 1 nitrogen and oxygen atoms in total. The summed E-state index contributed by atoms with van der Waals surface area (Å²) >= 11 is 0. The summed E-state index contributed by atoms with van der Waals surface area (Å²) in [6.45, 7) is 4.09. The third kappa shape index (κ3) is 5.35. The van der Waals surface area contributed by atoms with Gasteiger partial charge in [-0.1, -0.05) is 62.4 Å². The molecule has 0 radical (unpaired) electrons. The second-order valence-corrected chi connectivity index (χ2v) is 6.12. The fraction of sp³-hybridized carbons (Fsp3) is 0.318. The van der Waals surface area contributed by atoms with Crippen molar-refractivity contribution in [3.8, 4) is 0 Å². The molecule has 0 N–H and O–H groups in total. The first-order chi connectivity index (χ1) is 12.0. The summed E-state index contributed by atoms with van der Waals surface area (Å²) in [5, 5.41) is 0. The Morgan fingerprint density at radius 3 is 1.68 bits per heavy atom. The largest absolute Gasteiger partial charge is 0.294 e. The molecule has 0 aliphatic rings. The highest BCUT2D eigenvalue weighted by Gasteiger charge is 2.12. The number of Topliss-reactive ketones (excluding diaryl/α,β-unsaturated/α-hetero) is 1. The van der Waals surface area contributed by atoms with Gasteiger partial charge in [-0.25, -0.2) is 0 Å². The maximum absolute atomic E-state index is 13.3. The number of hydrogen-bond acceptors (Lipinski definition) is 1. The van der Waals surface area contributed by atoms with E-state index in [4.69, 9.17) is 0 Å². The first-order valence-electron chi connectivity index (χ1n) is 8.80. The molecule has 0 aromatic heterocycles. The van der Waals surface area contributed by atoms with Gasteiger partial charge >= 0.3 is 0 Å². The molecule has 0 spiro atoms. The number of benzene rings is 2. The number of allylic oxidation sites excluding steroid dienone is 1. The van der Waals surface area contributed by atoms with Gasteiger partial charge in [-0.3, -0.25) is 4.79 Å². The highest BCUT2D eigenvalue weighted by atomic mass is 19.3. The Balaban J connectivity index is 1.97. The first-order valence-corrected chi connectivity index (χ1v) is 8.80. The standard InChI is InChI=1S/C22H24F2O/c1-3-16-8-12-18(13-9-16)20(22(23)24)6-5-7-21(25)19-14-10-17(4-2)11-15-19/h8-15H,3-7H2,1-2H3. The molecule has 0 aliphatic heterocycles. The zero-order valence-corrected chi connectivity index (χ0v) is 14.8. The molecule has 0 atom stereocenters. The maximum atomic E-state index is 13.3. The lowest BCUT2D eigenvalue weighted by Crippen LogP contribution is -2.00. The summed E-state index contributed by atoms with van der Waals surface area (Å²) in [7, 11) is 0. The van der Waals surface area contributed by atoms with Crippen LogP contribution in [0.1, 0.15) is 60.2 Å². The second kappa shape index (κ2) is 9.26. The molecule has 132 valence electrons. The maximum Gasteiger partial charge on any atom is 0.274 e. The Morgan fingerprint density at radius 1 is 0.760 bits per heavy atom. The van der Waals surface area contributed by atoms with Crippen LogP contribution in [0.15, 0.2) is 54.6 Å². The Hall–Kier alpha value is -2.29. The zero-order chi connectivity index (χ0) is 18.2. The molecule has 0 aliphatic carbocycles. The normalized spacial score (nSPS) is 10.6. The lowest BCUT2D eigenvalue weighted by atomic mass is 9.97. The van der Waals surface area contributed by atoms with Gasteiger partial charge in [0, 0.05) is 17.6 Å². The minimum absolute atomic E-state index is 0.00241. The summed E-state index contributed by atoms with van der Waals surface area (Å²) in [6, 6.07) is 14.7. The van der Waals surface area contributed by atoms with Gasteiger partial charge in [-0.2, -0.15) is 8.78 Å².